The zero-order chi connectivity index (χ0) is 14.8. The van der Waals surface area contributed by atoms with Crippen molar-refractivity contribution in [2.45, 2.75) is 22.7 Å². The van der Waals surface area contributed by atoms with Crippen LogP contribution < -0.4 is 4.72 Å². The number of ether oxygens (including phenoxy) is 2. The second kappa shape index (κ2) is 5.98. The van der Waals surface area contributed by atoms with Crippen LogP contribution in [0.15, 0.2) is 16.3 Å². The number of hydrogen-bond donors (Lipinski definition) is 1. The molecule has 0 unspecified atom stereocenters. The third-order valence-corrected chi connectivity index (χ3v) is 6.20. The molecule has 0 saturated carbocycles. The van der Waals surface area contributed by atoms with Gasteiger partial charge in [0.2, 0.25) is 0 Å². The predicted octanol–water partition coefficient (Wildman–Crippen LogP) is 1.40. The SMILES string of the molecule is COC1(C(=O)NS(=O)(=O)c2ccc(Cl)s2)CCOCC1. The molecule has 112 valence electrons. The van der Waals surface area contributed by atoms with E-state index >= 15 is 0 Å². The van der Waals surface area contributed by atoms with Gasteiger partial charge in [-0.2, -0.15) is 0 Å². The Hall–Kier alpha value is -0.670. The molecule has 6 nitrogen and oxygen atoms in total. The van der Waals surface area contributed by atoms with Crippen molar-refractivity contribution < 1.29 is 22.7 Å². The van der Waals surface area contributed by atoms with Gasteiger partial charge in [0, 0.05) is 33.2 Å². The van der Waals surface area contributed by atoms with Gasteiger partial charge in [0.25, 0.3) is 15.9 Å². The van der Waals surface area contributed by atoms with Gasteiger partial charge in [0.1, 0.15) is 4.21 Å². The molecule has 1 fully saturated rings. The summed E-state index contributed by atoms with van der Waals surface area (Å²) in [4.78, 5) is 12.2. The Morgan fingerprint density at radius 3 is 2.60 bits per heavy atom. The van der Waals surface area contributed by atoms with Crippen LogP contribution in [-0.2, 0) is 24.3 Å². The van der Waals surface area contributed by atoms with Crippen LogP contribution >= 0.6 is 22.9 Å². The summed E-state index contributed by atoms with van der Waals surface area (Å²) < 4.78 is 37.0. The standard InChI is InChI=1S/C11H14ClNO5S2/c1-17-11(4-6-18-7-5-11)10(14)13-20(15,16)9-3-2-8(12)19-9/h2-3H,4-7H2,1H3,(H,13,14). The van der Waals surface area contributed by atoms with Gasteiger partial charge in [-0.05, 0) is 12.1 Å². The van der Waals surface area contributed by atoms with Gasteiger partial charge in [-0.1, -0.05) is 11.6 Å². The lowest BCUT2D eigenvalue weighted by molar-refractivity contribution is -0.153. The highest BCUT2D eigenvalue weighted by Gasteiger charge is 2.42. The molecule has 9 heteroatoms. The molecular formula is C11H14ClNO5S2. The van der Waals surface area contributed by atoms with E-state index < -0.39 is 21.5 Å². The lowest BCUT2D eigenvalue weighted by atomic mass is 9.93. The van der Waals surface area contributed by atoms with E-state index in [1.165, 1.54) is 19.2 Å². The van der Waals surface area contributed by atoms with Crippen LogP contribution in [-0.4, -0.2) is 40.2 Å². The molecule has 0 aliphatic carbocycles. The molecular weight excluding hydrogens is 326 g/mol. The second-order valence-electron chi connectivity index (χ2n) is 4.30. The summed E-state index contributed by atoms with van der Waals surface area (Å²) in [6.07, 6.45) is 0.631. The molecule has 1 aliphatic rings. The van der Waals surface area contributed by atoms with Gasteiger partial charge in [-0.25, -0.2) is 13.1 Å². The van der Waals surface area contributed by atoms with E-state index in [1.807, 2.05) is 0 Å². The normalized spacial score (nSPS) is 18.7. The molecule has 1 aromatic rings. The lowest BCUT2D eigenvalue weighted by Crippen LogP contribution is -2.52. The first-order valence-corrected chi connectivity index (χ1v) is 8.53. The number of carbonyl (C=O) groups is 1. The van der Waals surface area contributed by atoms with E-state index in [2.05, 4.69) is 4.72 Å². The fraction of sp³-hybridized carbons (Fsp3) is 0.545. The van der Waals surface area contributed by atoms with E-state index in [4.69, 9.17) is 21.1 Å². The molecule has 2 heterocycles. The van der Waals surface area contributed by atoms with E-state index in [0.29, 0.717) is 30.4 Å². The van der Waals surface area contributed by atoms with Crippen molar-refractivity contribution in [3.8, 4) is 0 Å². The minimum Gasteiger partial charge on any atom is -0.381 e. The molecule has 1 amide bonds. The maximum atomic E-state index is 12.2. The van der Waals surface area contributed by atoms with Gasteiger partial charge in [-0.3, -0.25) is 4.79 Å². The fourth-order valence-electron chi connectivity index (χ4n) is 1.93. The molecule has 1 saturated heterocycles. The maximum absolute atomic E-state index is 12.2. The molecule has 0 bridgehead atoms. The quantitative estimate of drug-likeness (QED) is 0.896. The highest BCUT2D eigenvalue weighted by molar-refractivity contribution is 7.92. The molecule has 0 atom stereocenters. The van der Waals surface area contributed by atoms with Crippen LogP contribution in [0.2, 0.25) is 4.34 Å². The molecule has 1 aliphatic heterocycles. The van der Waals surface area contributed by atoms with E-state index in [-0.39, 0.29) is 4.21 Å². The highest BCUT2D eigenvalue weighted by atomic mass is 35.5. The number of amides is 1. The molecule has 1 aromatic heterocycles. The summed E-state index contributed by atoms with van der Waals surface area (Å²) in [6, 6.07) is 2.82. The number of carbonyl (C=O) groups excluding carboxylic acids is 1. The van der Waals surface area contributed by atoms with Crippen molar-refractivity contribution in [3.05, 3.63) is 16.5 Å². The van der Waals surface area contributed by atoms with Crippen LogP contribution in [0.1, 0.15) is 12.8 Å². The Labute approximate surface area is 126 Å². The number of halogens is 1. The Morgan fingerprint density at radius 2 is 2.10 bits per heavy atom. The number of nitrogens with one attached hydrogen (secondary N) is 1. The molecule has 20 heavy (non-hydrogen) atoms. The largest absolute Gasteiger partial charge is 0.381 e. The van der Waals surface area contributed by atoms with Crippen molar-refractivity contribution in [3.63, 3.8) is 0 Å². The monoisotopic (exact) mass is 339 g/mol. The van der Waals surface area contributed by atoms with Crippen molar-refractivity contribution in [1.29, 1.82) is 0 Å². The van der Waals surface area contributed by atoms with Crippen LogP contribution in [0.25, 0.3) is 0 Å². The summed E-state index contributed by atoms with van der Waals surface area (Å²) in [7, 11) is -2.53. The van der Waals surface area contributed by atoms with E-state index in [9.17, 15) is 13.2 Å². The third kappa shape index (κ3) is 3.15. The fourth-order valence-corrected chi connectivity index (χ4v) is 4.46. The Bertz CT molecular complexity index is 592. The first kappa shape index (κ1) is 15.7. The average molecular weight is 340 g/mol. The summed E-state index contributed by atoms with van der Waals surface area (Å²) in [6.45, 7) is 0.707. The van der Waals surface area contributed by atoms with Crippen molar-refractivity contribution in [2.75, 3.05) is 20.3 Å². The van der Waals surface area contributed by atoms with Crippen LogP contribution in [0.3, 0.4) is 0 Å². The minimum atomic E-state index is -3.92. The smallest absolute Gasteiger partial charge is 0.273 e. The lowest BCUT2D eigenvalue weighted by Gasteiger charge is -2.33. The number of methoxy groups -OCH3 is 1. The number of rotatable bonds is 4. The molecule has 1 N–H and O–H groups in total. The number of hydrogen-bond acceptors (Lipinski definition) is 6. The topological polar surface area (TPSA) is 81.7 Å². The summed E-state index contributed by atoms with van der Waals surface area (Å²) >= 11 is 6.59. The van der Waals surface area contributed by atoms with Gasteiger partial charge in [-0.15, -0.1) is 11.3 Å². The highest BCUT2D eigenvalue weighted by Crippen LogP contribution is 2.28. The molecule has 0 spiro atoms. The van der Waals surface area contributed by atoms with E-state index in [0.717, 1.165) is 11.3 Å². The van der Waals surface area contributed by atoms with E-state index in [1.54, 1.807) is 0 Å². The van der Waals surface area contributed by atoms with Crippen molar-refractivity contribution in [2.24, 2.45) is 0 Å². The Kier molecular flexibility index (Phi) is 4.70. The first-order chi connectivity index (χ1) is 9.39. The number of thiophene rings is 1. The zero-order valence-corrected chi connectivity index (χ0v) is 13.1. The van der Waals surface area contributed by atoms with Crippen molar-refractivity contribution >= 4 is 38.9 Å². The van der Waals surface area contributed by atoms with Gasteiger partial charge < -0.3 is 9.47 Å². The summed E-state index contributed by atoms with van der Waals surface area (Å²) in [5.74, 6) is -0.673. The minimum absolute atomic E-state index is 0.00541. The van der Waals surface area contributed by atoms with Crippen molar-refractivity contribution in [1.82, 2.24) is 4.72 Å². The summed E-state index contributed by atoms with van der Waals surface area (Å²) in [5.41, 5.74) is -1.16. The second-order valence-corrected chi connectivity index (χ2v) is 7.93. The summed E-state index contributed by atoms with van der Waals surface area (Å²) in [5, 5.41) is 0. The van der Waals surface area contributed by atoms with Crippen LogP contribution in [0.5, 0.6) is 0 Å². The van der Waals surface area contributed by atoms with Gasteiger partial charge in [0.05, 0.1) is 4.34 Å². The Morgan fingerprint density at radius 1 is 1.45 bits per heavy atom. The molecule has 2 rings (SSSR count). The third-order valence-electron chi connectivity index (χ3n) is 3.15. The number of sulfonamides is 1. The predicted molar refractivity (Wildman–Crippen MR) is 74.5 cm³/mol. The molecule has 0 aromatic carbocycles. The maximum Gasteiger partial charge on any atom is 0.273 e. The van der Waals surface area contributed by atoms with Crippen LogP contribution in [0.4, 0.5) is 0 Å². The average Bonchev–Trinajstić information content (AvgIpc) is 2.86. The first-order valence-electron chi connectivity index (χ1n) is 5.85. The van der Waals surface area contributed by atoms with Crippen LogP contribution in [0, 0.1) is 0 Å². The van der Waals surface area contributed by atoms with Gasteiger partial charge in [0.15, 0.2) is 5.60 Å². The Balaban J connectivity index is 2.18. The molecule has 0 radical (unpaired) electrons. The zero-order valence-electron chi connectivity index (χ0n) is 10.7. The van der Waals surface area contributed by atoms with Gasteiger partial charge >= 0.3 is 0 Å².